The standard InChI is InChI=1S/C12H25N3O4S2/c1-11-6-3-4-9-15(11)21(18,19)13-12-7-5-8-14(10-12)20(2,16)17/h11-13H,3-10H2,1-2H3. The Morgan fingerprint density at radius 3 is 2.33 bits per heavy atom. The van der Waals surface area contributed by atoms with E-state index < -0.39 is 20.2 Å². The zero-order valence-corrected chi connectivity index (χ0v) is 14.3. The third-order valence-electron chi connectivity index (χ3n) is 4.22. The number of nitrogens with zero attached hydrogens (tertiary/aromatic N) is 2. The zero-order chi connectivity index (χ0) is 15.7. The van der Waals surface area contributed by atoms with Crippen molar-refractivity contribution in [2.24, 2.45) is 0 Å². The first-order chi connectivity index (χ1) is 9.70. The highest BCUT2D eigenvalue weighted by molar-refractivity contribution is 7.88. The summed E-state index contributed by atoms with van der Waals surface area (Å²) in [5.41, 5.74) is 0. The Kier molecular flexibility index (Phi) is 5.30. The van der Waals surface area contributed by atoms with Gasteiger partial charge in [-0.25, -0.2) is 12.7 Å². The first-order valence-corrected chi connectivity index (χ1v) is 10.7. The van der Waals surface area contributed by atoms with Crippen molar-refractivity contribution in [1.29, 1.82) is 0 Å². The predicted octanol–water partition coefficient (Wildman–Crippen LogP) is 0.119. The van der Waals surface area contributed by atoms with Gasteiger partial charge in [-0.3, -0.25) is 0 Å². The second-order valence-electron chi connectivity index (χ2n) is 6.04. The normalized spacial score (nSPS) is 30.4. The molecule has 2 aliphatic heterocycles. The quantitative estimate of drug-likeness (QED) is 0.788. The SMILES string of the molecule is CC1CCCCN1S(=O)(=O)NC1CCCN(S(C)(=O)=O)C1. The lowest BCUT2D eigenvalue weighted by atomic mass is 10.1. The number of rotatable bonds is 4. The molecule has 21 heavy (non-hydrogen) atoms. The van der Waals surface area contributed by atoms with Crippen molar-refractivity contribution in [2.75, 3.05) is 25.9 Å². The van der Waals surface area contributed by atoms with Gasteiger partial charge in [-0.05, 0) is 32.6 Å². The van der Waals surface area contributed by atoms with Crippen LogP contribution >= 0.6 is 0 Å². The number of piperidine rings is 2. The van der Waals surface area contributed by atoms with Gasteiger partial charge in [-0.1, -0.05) is 6.42 Å². The van der Waals surface area contributed by atoms with Gasteiger partial charge in [0.1, 0.15) is 0 Å². The van der Waals surface area contributed by atoms with Crippen molar-refractivity contribution in [3.63, 3.8) is 0 Å². The fraction of sp³-hybridized carbons (Fsp3) is 1.00. The van der Waals surface area contributed by atoms with Crippen LogP contribution in [0.1, 0.15) is 39.0 Å². The summed E-state index contributed by atoms with van der Waals surface area (Å²) in [7, 11) is -6.80. The van der Waals surface area contributed by atoms with Crippen LogP contribution in [0.3, 0.4) is 0 Å². The Morgan fingerprint density at radius 2 is 1.71 bits per heavy atom. The average Bonchev–Trinajstić information content (AvgIpc) is 2.37. The maximum atomic E-state index is 12.5. The molecule has 0 aromatic rings. The molecular weight excluding hydrogens is 314 g/mol. The molecule has 9 heteroatoms. The Labute approximate surface area is 127 Å². The molecule has 2 fully saturated rings. The summed E-state index contributed by atoms with van der Waals surface area (Å²) in [6, 6.07) is -0.335. The average molecular weight is 339 g/mol. The van der Waals surface area contributed by atoms with Gasteiger partial charge in [-0.2, -0.15) is 17.4 Å². The van der Waals surface area contributed by atoms with Crippen LogP contribution in [0.2, 0.25) is 0 Å². The number of nitrogens with one attached hydrogen (secondary N) is 1. The highest BCUT2D eigenvalue weighted by Gasteiger charge is 2.34. The van der Waals surface area contributed by atoms with E-state index in [0.29, 0.717) is 25.9 Å². The van der Waals surface area contributed by atoms with Crippen molar-refractivity contribution in [1.82, 2.24) is 13.3 Å². The van der Waals surface area contributed by atoms with Crippen molar-refractivity contribution < 1.29 is 16.8 Å². The van der Waals surface area contributed by atoms with Crippen molar-refractivity contribution in [3.05, 3.63) is 0 Å². The molecule has 2 atom stereocenters. The van der Waals surface area contributed by atoms with Crippen molar-refractivity contribution >= 4 is 20.2 Å². The fourth-order valence-electron chi connectivity index (χ4n) is 3.05. The first kappa shape index (κ1) is 17.1. The number of sulfonamides is 1. The van der Waals surface area contributed by atoms with Gasteiger partial charge >= 0.3 is 0 Å². The Balaban J connectivity index is 2.02. The molecule has 124 valence electrons. The molecular formula is C12H25N3O4S2. The molecule has 2 rings (SSSR count). The Hall–Kier alpha value is -0.220. The smallest absolute Gasteiger partial charge is 0.213 e. The van der Waals surface area contributed by atoms with Crippen LogP contribution in [0.15, 0.2) is 0 Å². The van der Waals surface area contributed by atoms with E-state index in [0.717, 1.165) is 25.5 Å². The van der Waals surface area contributed by atoms with Crippen LogP contribution in [-0.4, -0.2) is 63.4 Å². The van der Waals surface area contributed by atoms with Crippen molar-refractivity contribution in [2.45, 2.75) is 51.1 Å². The monoisotopic (exact) mass is 339 g/mol. The highest BCUT2D eigenvalue weighted by atomic mass is 32.2. The number of hydrogen-bond acceptors (Lipinski definition) is 4. The van der Waals surface area contributed by atoms with Crippen molar-refractivity contribution in [3.8, 4) is 0 Å². The third kappa shape index (κ3) is 4.38. The summed E-state index contributed by atoms with van der Waals surface area (Å²) in [4.78, 5) is 0. The van der Waals surface area contributed by atoms with Crippen LogP contribution in [0.25, 0.3) is 0 Å². The van der Waals surface area contributed by atoms with Crippen LogP contribution in [0, 0.1) is 0 Å². The number of hydrogen-bond donors (Lipinski definition) is 1. The predicted molar refractivity (Wildman–Crippen MR) is 81.5 cm³/mol. The molecule has 0 radical (unpaired) electrons. The van der Waals surface area contributed by atoms with Gasteiger partial charge in [0.15, 0.2) is 0 Å². The van der Waals surface area contributed by atoms with E-state index in [-0.39, 0.29) is 18.6 Å². The van der Waals surface area contributed by atoms with Gasteiger partial charge < -0.3 is 0 Å². The van der Waals surface area contributed by atoms with E-state index in [1.54, 1.807) is 0 Å². The van der Waals surface area contributed by atoms with Gasteiger partial charge in [0.25, 0.3) is 10.2 Å². The molecule has 1 N–H and O–H groups in total. The molecule has 0 aromatic heterocycles. The second kappa shape index (κ2) is 6.49. The minimum absolute atomic E-state index is 0.00542. The van der Waals surface area contributed by atoms with Crippen LogP contribution in [0.4, 0.5) is 0 Å². The topological polar surface area (TPSA) is 86.8 Å². The fourth-order valence-corrected chi connectivity index (χ4v) is 5.66. The highest BCUT2D eigenvalue weighted by Crippen LogP contribution is 2.21. The summed E-state index contributed by atoms with van der Waals surface area (Å²) in [5.74, 6) is 0. The Morgan fingerprint density at radius 1 is 1.00 bits per heavy atom. The zero-order valence-electron chi connectivity index (χ0n) is 12.7. The molecule has 2 unspecified atom stereocenters. The molecule has 0 saturated carbocycles. The molecule has 0 aromatic carbocycles. The minimum Gasteiger partial charge on any atom is -0.213 e. The maximum absolute atomic E-state index is 12.5. The lowest BCUT2D eigenvalue weighted by molar-refractivity contribution is 0.255. The van der Waals surface area contributed by atoms with Crippen LogP contribution in [0.5, 0.6) is 0 Å². The van der Waals surface area contributed by atoms with E-state index in [9.17, 15) is 16.8 Å². The van der Waals surface area contributed by atoms with E-state index in [2.05, 4.69) is 4.72 Å². The molecule has 0 aliphatic carbocycles. The van der Waals surface area contributed by atoms with E-state index in [1.165, 1.54) is 8.61 Å². The summed E-state index contributed by atoms with van der Waals surface area (Å²) >= 11 is 0. The molecule has 7 nitrogen and oxygen atoms in total. The van der Waals surface area contributed by atoms with Gasteiger partial charge in [0.2, 0.25) is 10.0 Å². The lowest BCUT2D eigenvalue weighted by Gasteiger charge is -2.36. The summed E-state index contributed by atoms with van der Waals surface area (Å²) in [6.45, 7) is 3.15. The summed E-state index contributed by atoms with van der Waals surface area (Å²) in [5, 5.41) is 0. The molecule has 0 amide bonds. The molecule has 2 heterocycles. The third-order valence-corrected chi connectivity index (χ3v) is 7.28. The van der Waals surface area contributed by atoms with Gasteiger partial charge in [-0.15, -0.1) is 0 Å². The molecule has 0 spiro atoms. The Bertz CT molecular complexity index is 561. The molecule has 2 aliphatic rings. The minimum atomic E-state index is -3.54. The van der Waals surface area contributed by atoms with Crippen LogP contribution in [-0.2, 0) is 20.2 Å². The summed E-state index contributed by atoms with van der Waals surface area (Å²) < 4.78 is 53.7. The van der Waals surface area contributed by atoms with Crippen LogP contribution < -0.4 is 4.72 Å². The largest absolute Gasteiger partial charge is 0.279 e. The molecule has 0 bridgehead atoms. The first-order valence-electron chi connectivity index (χ1n) is 7.44. The van der Waals surface area contributed by atoms with Gasteiger partial charge in [0.05, 0.1) is 6.26 Å². The van der Waals surface area contributed by atoms with E-state index >= 15 is 0 Å². The lowest BCUT2D eigenvalue weighted by Crippen LogP contribution is -2.55. The van der Waals surface area contributed by atoms with E-state index in [4.69, 9.17) is 0 Å². The summed E-state index contributed by atoms with van der Waals surface area (Å²) in [6.07, 6.45) is 5.32. The molecule has 2 saturated heterocycles. The van der Waals surface area contributed by atoms with Gasteiger partial charge in [0, 0.05) is 31.7 Å². The second-order valence-corrected chi connectivity index (χ2v) is 9.68. The maximum Gasteiger partial charge on any atom is 0.279 e. The van der Waals surface area contributed by atoms with E-state index in [1.807, 2.05) is 6.92 Å².